The van der Waals surface area contributed by atoms with Crippen LogP contribution in [0.25, 0.3) is 0 Å². The first-order valence-electron chi connectivity index (χ1n) is 6.88. The van der Waals surface area contributed by atoms with Crippen molar-refractivity contribution in [2.75, 3.05) is 6.54 Å². The van der Waals surface area contributed by atoms with E-state index in [0.717, 1.165) is 24.8 Å². The molecule has 2 nitrogen and oxygen atoms in total. The third-order valence-corrected chi connectivity index (χ3v) is 3.20. The summed E-state index contributed by atoms with van der Waals surface area (Å²) in [4.78, 5) is 3.81. The minimum atomic E-state index is -0.488. The molecule has 0 spiro atoms. The lowest BCUT2D eigenvalue weighted by Crippen LogP contribution is -2.24. The van der Waals surface area contributed by atoms with E-state index in [4.69, 9.17) is 0 Å². The fraction of sp³-hybridized carbons (Fsp3) is 0.312. The molecule has 0 saturated carbocycles. The predicted molar refractivity (Wildman–Crippen MR) is 75.3 cm³/mol. The lowest BCUT2D eigenvalue weighted by molar-refractivity contribution is 0.503. The zero-order valence-corrected chi connectivity index (χ0v) is 11.7. The quantitative estimate of drug-likeness (QED) is 0.877. The Kier molecular flexibility index (Phi) is 5.33. The van der Waals surface area contributed by atoms with E-state index in [1.54, 1.807) is 0 Å². The number of pyridine rings is 1. The van der Waals surface area contributed by atoms with Crippen LogP contribution >= 0.6 is 0 Å². The van der Waals surface area contributed by atoms with Crippen molar-refractivity contribution in [2.45, 2.75) is 25.8 Å². The van der Waals surface area contributed by atoms with Gasteiger partial charge in [-0.3, -0.25) is 4.98 Å². The fourth-order valence-corrected chi connectivity index (χ4v) is 2.16. The molecule has 1 unspecified atom stereocenters. The van der Waals surface area contributed by atoms with Crippen LogP contribution in [0, 0.1) is 17.5 Å². The van der Waals surface area contributed by atoms with Crippen LogP contribution in [-0.2, 0) is 6.42 Å². The van der Waals surface area contributed by atoms with Crippen molar-refractivity contribution in [1.29, 1.82) is 0 Å². The molecular formula is C16H17F3N2. The Hall–Kier alpha value is -1.88. The summed E-state index contributed by atoms with van der Waals surface area (Å²) in [5, 5.41) is 3.21. The van der Waals surface area contributed by atoms with E-state index in [1.165, 1.54) is 18.3 Å². The lowest BCUT2D eigenvalue weighted by atomic mass is 9.99. The maximum absolute atomic E-state index is 13.8. The largest absolute Gasteiger partial charge is 0.310 e. The van der Waals surface area contributed by atoms with Crippen LogP contribution in [0.4, 0.5) is 13.2 Å². The molecule has 0 bridgehead atoms. The van der Waals surface area contributed by atoms with Crippen molar-refractivity contribution >= 4 is 0 Å². The smallest absolute Gasteiger partial charge is 0.141 e. The van der Waals surface area contributed by atoms with Crippen LogP contribution in [0.3, 0.4) is 0 Å². The molecule has 0 aliphatic rings. The van der Waals surface area contributed by atoms with Gasteiger partial charge in [-0.2, -0.15) is 0 Å². The molecule has 1 N–H and O–H groups in total. The summed E-state index contributed by atoms with van der Waals surface area (Å²) in [6.45, 7) is 2.69. The van der Waals surface area contributed by atoms with Crippen molar-refractivity contribution < 1.29 is 13.2 Å². The highest BCUT2D eigenvalue weighted by Gasteiger charge is 2.15. The van der Waals surface area contributed by atoms with Gasteiger partial charge in [-0.15, -0.1) is 0 Å². The van der Waals surface area contributed by atoms with Gasteiger partial charge in [0.25, 0.3) is 0 Å². The maximum Gasteiger partial charge on any atom is 0.141 e. The Morgan fingerprint density at radius 3 is 2.62 bits per heavy atom. The molecule has 1 heterocycles. The highest BCUT2D eigenvalue weighted by Crippen LogP contribution is 2.21. The van der Waals surface area contributed by atoms with Crippen LogP contribution < -0.4 is 5.32 Å². The van der Waals surface area contributed by atoms with Crippen molar-refractivity contribution in [3.05, 3.63) is 65.2 Å². The van der Waals surface area contributed by atoms with Gasteiger partial charge in [-0.25, -0.2) is 13.2 Å². The van der Waals surface area contributed by atoms with Gasteiger partial charge in [0, 0.05) is 12.2 Å². The van der Waals surface area contributed by atoms with Crippen LogP contribution in [0.1, 0.15) is 30.5 Å². The third kappa shape index (κ3) is 4.29. The summed E-state index contributed by atoms with van der Waals surface area (Å²) < 4.78 is 40.3. The van der Waals surface area contributed by atoms with E-state index in [1.807, 2.05) is 6.92 Å². The van der Waals surface area contributed by atoms with Gasteiger partial charge < -0.3 is 5.32 Å². The first kappa shape index (κ1) is 15.5. The standard InChI is InChI=1S/C16H17F3N2/c1-2-5-21-16(12-7-14(18)10-20-9-12)8-11-6-13(17)3-4-15(11)19/h3-4,6-7,9-10,16,21H,2,5,8H2,1H3. The molecule has 0 fully saturated rings. The molecule has 2 rings (SSSR count). The second-order valence-corrected chi connectivity index (χ2v) is 4.88. The van der Waals surface area contributed by atoms with E-state index in [0.29, 0.717) is 12.1 Å². The van der Waals surface area contributed by atoms with E-state index in [9.17, 15) is 13.2 Å². The number of nitrogens with zero attached hydrogens (tertiary/aromatic N) is 1. The second kappa shape index (κ2) is 7.22. The van der Waals surface area contributed by atoms with Crippen LogP contribution in [0.2, 0.25) is 0 Å². The number of aromatic nitrogens is 1. The first-order chi connectivity index (χ1) is 10.1. The van der Waals surface area contributed by atoms with E-state index < -0.39 is 17.5 Å². The highest BCUT2D eigenvalue weighted by atomic mass is 19.1. The van der Waals surface area contributed by atoms with Crippen molar-refractivity contribution in [3.8, 4) is 0 Å². The Morgan fingerprint density at radius 1 is 1.10 bits per heavy atom. The number of hydrogen-bond acceptors (Lipinski definition) is 2. The topological polar surface area (TPSA) is 24.9 Å². The van der Waals surface area contributed by atoms with Crippen molar-refractivity contribution in [1.82, 2.24) is 10.3 Å². The van der Waals surface area contributed by atoms with Gasteiger partial charge in [0.1, 0.15) is 17.5 Å². The number of halogens is 3. The predicted octanol–water partition coefficient (Wildman–Crippen LogP) is 3.78. The molecule has 2 aromatic rings. The SMILES string of the molecule is CCCNC(Cc1cc(F)ccc1F)c1cncc(F)c1. The minimum absolute atomic E-state index is 0.231. The van der Waals surface area contributed by atoms with Gasteiger partial charge in [0.05, 0.1) is 6.20 Å². The summed E-state index contributed by atoms with van der Waals surface area (Å²) in [6.07, 6.45) is 3.76. The molecule has 0 aliphatic heterocycles. The highest BCUT2D eigenvalue weighted by molar-refractivity contribution is 5.24. The molecule has 5 heteroatoms. The zero-order chi connectivity index (χ0) is 15.2. The van der Waals surface area contributed by atoms with Crippen molar-refractivity contribution in [3.63, 3.8) is 0 Å². The first-order valence-corrected chi connectivity index (χ1v) is 6.88. The average Bonchev–Trinajstić information content (AvgIpc) is 2.47. The molecular weight excluding hydrogens is 277 g/mol. The van der Waals surface area contributed by atoms with E-state index in [2.05, 4.69) is 10.3 Å². The van der Waals surface area contributed by atoms with Gasteiger partial charge in [0.15, 0.2) is 0 Å². The van der Waals surface area contributed by atoms with Crippen LogP contribution in [-0.4, -0.2) is 11.5 Å². The summed E-state index contributed by atoms with van der Waals surface area (Å²) in [5.74, 6) is -1.41. The van der Waals surface area contributed by atoms with E-state index >= 15 is 0 Å². The lowest BCUT2D eigenvalue weighted by Gasteiger charge is -2.19. The summed E-state index contributed by atoms with van der Waals surface area (Å²) in [5.41, 5.74) is 0.875. The van der Waals surface area contributed by atoms with Gasteiger partial charge >= 0.3 is 0 Å². The number of benzene rings is 1. The maximum atomic E-state index is 13.8. The van der Waals surface area contributed by atoms with Gasteiger partial charge in [-0.05, 0) is 54.8 Å². The number of nitrogens with one attached hydrogen (secondary N) is 1. The minimum Gasteiger partial charge on any atom is -0.310 e. The van der Waals surface area contributed by atoms with Gasteiger partial charge in [0.2, 0.25) is 0 Å². The molecule has 0 saturated heterocycles. The van der Waals surface area contributed by atoms with E-state index in [-0.39, 0.29) is 18.0 Å². The molecule has 1 atom stereocenters. The Labute approximate surface area is 122 Å². The molecule has 0 aliphatic carbocycles. The molecule has 0 radical (unpaired) electrons. The molecule has 0 amide bonds. The Balaban J connectivity index is 2.25. The monoisotopic (exact) mass is 294 g/mol. The molecule has 21 heavy (non-hydrogen) atoms. The Morgan fingerprint density at radius 2 is 1.90 bits per heavy atom. The second-order valence-electron chi connectivity index (χ2n) is 4.88. The summed E-state index contributed by atoms with van der Waals surface area (Å²) >= 11 is 0. The number of rotatable bonds is 6. The number of hydrogen-bond donors (Lipinski definition) is 1. The van der Waals surface area contributed by atoms with Crippen LogP contribution in [0.5, 0.6) is 0 Å². The van der Waals surface area contributed by atoms with Crippen molar-refractivity contribution in [2.24, 2.45) is 0 Å². The summed E-state index contributed by atoms with van der Waals surface area (Å²) in [6, 6.07) is 4.40. The fourth-order valence-electron chi connectivity index (χ4n) is 2.16. The Bertz CT molecular complexity index is 602. The normalized spacial score (nSPS) is 12.4. The summed E-state index contributed by atoms with van der Waals surface area (Å²) in [7, 11) is 0. The zero-order valence-electron chi connectivity index (χ0n) is 11.7. The third-order valence-electron chi connectivity index (χ3n) is 3.20. The molecule has 1 aromatic heterocycles. The average molecular weight is 294 g/mol. The van der Waals surface area contributed by atoms with Crippen LogP contribution in [0.15, 0.2) is 36.7 Å². The molecule has 112 valence electrons. The molecule has 1 aromatic carbocycles. The van der Waals surface area contributed by atoms with Gasteiger partial charge in [-0.1, -0.05) is 6.92 Å².